The number of anilines is 1. The summed E-state index contributed by atoms with van der Waals surface area (Å²) in [4.78, 5) is 27.2. The second-order valence-corrected chi connectivity index (χ2v) is 7.95. The average Bonchev–Trinajstić information content (AvgIpc) is 3.11. The monoisotopic (exact) mass is 501 g/mol. The van der Waals surface area contributed by atoms with E-state index in [-0.39, 0.29) is 39.1 Å². The number of phenols is 1. The molecule has 2 N–H and O–H groups in total. The Balaban J connectivity index is 1.99. The Hall–Kier alpha value is -4.11. The van der Waals surface area contributed by atoms with E-state index in [0.29, 0.717) is 5.56 Å². The van der Waals surface area contributed by atoms with Gasteiger partial charge < -0.3 is 19.7 Å². The van der Waals surface area contributed by atoms with Gasteiger partial charge in [0.25, 0.3) is 11.7 Å². The molecule has 180 valence electrons. The molecule has 1 atom stereocenters. The first kappa shape index (κ1) is 24.0. The van der Waals surface area contributed by atoms with E-state index in [2.05, 4.69) is 0 Å². The molecule has 10 heteroatoms. The van der Waals surface area contributed by atoms with Crippen molar-refractivity contribution in [3.63, 3.8) is 0 Å². The van der Waals surface area contributed by atoms with Gasteiger partial charge in [-0.1, -0.05) is 23.7 Å². The van der Waals surface area contributed by atoms with E-state index in [0.717, 1.165) is 23.1 Å². The molecule has 1 saturated heterocycles. The Morgan fingerprint density at radius 3 is 2.20 bits per heavy atom. The number of hydrogen-bond donors (Lipinski definition) is 2. The number of rotatable bonds is 5. The minimum Gasteiger partial charge on any atom is -0.508 e. The third-order valence-corrected chi connectivity index (χ3v) is 5.86. The predicted molar refractivity (Wildman–Crippen MR) is 124 cm³/mol. The van der Waals surface area contributed by atoms with Crippen LogP contribution in [0.2, 0.25) is 5.02 Å². The molecule has 1 fully saturated rings. The maximum absolute atomic E-state index is 14.0. The lowest BCUT2D eigenvalue weighted by Gasteiger charge is -2.25. The number of amides is 1. The molecular formula is C25H18ClF2NO6. The molecule has 0 aromatic heterocycles. The maximum atomic E-state index is 14.0. The molecule has 7 nitrogen and oxygen atoms in total. The lowest BCUT2D eigenvalue weighted by molar-refractivity contribution is -0.132. The van der Waals surface area contributed by atoms with Crippen LogP contribution in [0.3, 0.4) is 0 Å². The summed E-state index contributed by atoms with van der Waals surface area (Å²) in [7, 11) is 2.72. The van der Waals surface area contributed by atoms with Crippen LogP contribution < -0.4 is 14.4 Å². The highest BCUT2D eigenvalue weighted by Gasteiger charge is 2.47. The summed E-state index contributed by atoms with van der Waals surface area (Å²) in [5, 5.41) is 21.1. The van der Waals surface area contributed by atoms with Gasteiger partial charge >= 0.3 is 0 Å². The van der Waals surface area contributed by atoms with E-state index < -0.39 is 35.1 Å². The zero-order chi connectivity index (χ0) is 25.4. The van der Waals surface area contributed by atoms with Gasteiger partial charge in [-0.2, -0.15) is 0 Å². The third-order valence-electron chi connectivity index (χ3n) is 5.56. The smallest absolute Gasteiger partial charge is 0.300 e. The van der Waals surface area contributed by atoms with Gasteiger partial charge in [0, 0.05) is 17.8 Å². The van der Waals surface area contributed by atoms with Crippen molar-refractivity contribution in [1.82, 2.24) is 0 Å². The topological polar surface area (TPSA) is 96.3 Å². The van der Waals surface area contributed by atoms with E-state index in [1.807, 2.05) is 0 Å². The van der Waals surface area contributed by atoms with Gasteiger partial charge in [-0.05, 0) is 35.9 Å². The van der Waals surface area contributed by atoms with E-state index >= 15 is 0 Å². The van der Waals surface area contributed by atoms with Crippen molar-refractivity contribution in [2.75, 3.05) is 19.1 Å². The van der Waals surface area contributed by atoms with Crippen LogP contribution in [-0.2, 0) is 9.59 Å². The molecule has 0 radical (unpaired) electrons. The number of Topliss-reactive ketones (excluding diaryl/α,β-unsaturated/α-hetero) is 1. The number of hydrogen-bond acceptors (Lipinski definition) is 6. The summed E-state index contributed by atoms with van der Waals surface area (Å²) in [6, 6.07) is 9.73. The molecule has 0 saturated carbocycles. The number of aromatic hydroxyl groups is 1. The fourth-order valence-corrected chi connectivity index (χ4v) is 4.14. The van der Waals surface area contributed by atoms with Crippen molar-refractivity contribution >= 4 is 34.7 Å². The number of ether oxygens (including phenoxy) is 2. The van der Waals surface area contributed by atoms with Gasteiger partial charge in [0.1, 0.15) is 23.0 Å². The van der Waals surface area contributed by atoms with E-state index in [1.165, 1.54) is 50.6 Å². The Kier molecular flexibility index (Phi) is 6.36. The van der Waals surface area contributed by atoms with Gasteiger partial charge in [-0.15, -0.1) is 0 Å². The molecule has 1 unspecified atom stereocenters. The summed E-state index contributed by atoms with van der Waals surface area (Å²) in [6.45, 7) is 0. The van der Waals surface area contributed by atoms with Crippen LogP contribution in [0.5, 0.6) is 17.2 Å². The Labute approximate surface area is 203 Å². The van der Waals surface area contributed by atoms with Gasteiger partial charge in [-0.3, -0.25) is 14.5 Å². The number of carbonyl (C=O) groups is 2. The molecule has 0 aliphatic carbocycles. The summed E-state index contributed by atoms with van der Waals surface area (Å²) < 4.78 is 38.1. The zero-order valence-corrected chi connectivity index (χ0v) is 19.1. The number of nitrogens with zero attached hydrogens (tertiary/aromatic N) is 1. The number of aliphatic hydroxyl groups is 1. The molecule has 3 aromatic carbocycles. The second kappa shape index (κ2) is 9.27. The van der Waals surface area contributed by atoms with E-state index in [1.54, 1.807) is 0 Å². The Bertz CT molecular complexity index is 1370. The average molecular weight is 502 g/mol. The molecule has 1 heterocycles. The molecular weight excluding hydrogens is 484 g/mol. The Morgan fingerprint density at radius 2 is 1.60 bits per heavy atom. The summed E-state index contributed by atoms with van der Waals surface area (Å²) in [5.74, 6) is -4.84. The van der Waals surface area contributed by atoms with Crippen molar-refractivity contribution in [2.45, 2.75) is 6.04 Å². The minimum atomic E-state index is -1.24. The number of benzene rings is 3. The number of halogens is 3. The number of phenolic OH excluding ortho intramolecular Hbond substituents is 1. The van der Waals surface area contributed by atoms with Crippen LogP contribution in [-0.4, -0.2) is 36.1 Å². The first-order chi connectivity index (χ1) is 16.7. The molecule has 1 aliphatic heterocycles. The zero-order valence-electron chi connectivity index (χ0n) is 18.4. The molecule has 1 amide bonds. The van der Waals surface area contributed by atoms with Crippen LogP contribution in [0.4, 0.5) is 14.5 Å². The lowest BCUT2D eigenvalue weighted by atomic mass is 9.94. The quantitative estimate of drug-likeness (QED) is 0.291. The van der Waals surface area contributed by atoms with E-state index in [4.69, 9.17) is 21.1 Å². The van der Waals surface area contributed by atoms with Crippen LogP contribution in [0, 0.1) is 11.6 Å². The SMILES string of the molecule is COc1cc(OC)c(/C(O)=C2\C(=O)C(=O)N(c3ccc(F)c(F)c3)C2c2ccc(O)cc2)cc1Cl. The molecule has 35 heavy (non-hydrogen) atoms. The molecule has 3 aromatic rings. The first-order valence-electron chi connectivity index (χ1n) is 10.1. The van der Waals surface area contributed by atoms with Gasteiger partial charge in [0.2, 0.25) is 0 Å². The number of methoxy groups -OCH3 is 2. The molecule has 1 aliphatic rings. The summed E-state index contributed by atoms with van der Waals surface area (Å²) in [5.41, 5.74) is -0.134. The van der Waals surface area contributed by atoms with Gasteiger partial charge in [0.05, 0.1) is 36.4 Å². The van der Waals surface area contributed by atoms with Gasteiger partial charge in [0.15, 0.2) is 11.6 Å². The van der Waals surface area contributed by atoms with E-state index in [9.17, 15) is 28.6 Å². The number of ketones is 1. The Morgan fingerprint density at radius 1 is 0.943 bits per heavy atom. The van der Waals surface area contributed by atoms with Crippen molar-refractivity contribution in [3.8, 4) is 17.2 Å². The van der Waals surface area contributed by atoms with Crippen LogP contribution in [0.15, 0.2) is 60.2 Å². The third kappa shape index (κ3) is 4.15. The van der Waals surface area contributed by atoms with Crippen LogP contribution in [0.25, 0.3) is 5.76 Å². The van der Waals surface area contributed by atoms with Crippen molar-refractivity contribution in [3.05, 3.63) is 88.0 Å². The predicted octanol–water partition coefficient (Wildman–Crippen LogP) is 4.97. The van der Waals surface area contributed by atoms with Crippen molar-refractivity contribution < 1.29 is 38.1 Å². The highest BCUT2D eigenvalue weighted by atomic mass is 35.5. The fourth-order valence-electron chi connectivity index (χ4n) is 3.90. The maximum Gasteiger partial charge on any atom is 0.300 e. The first-order valence-corrected chi connectivity index (χ1v) is 10.5. The molecule has 4 rings (SSSR count). The van der Waals surface area contributed by atoms with Crippen LogP contribution >= 0.6 is 11.6 Å². The fraction of sp³-hybridized carbons (Fsp3) is 0.120. The molecule has 0 spiro atoms. The largest absolute Gasteiger partial charge is 0.508 e. The second-order valence-electron chi connectivity index (χ2n) is 7.55. The highest BCUT2D eigenvalue weighted by Crippen LogP contribution is 2.45. The normalized spacial score (nSPS) is 17.1. The number of aliphatic hydroxyl groups excluding tert-OH is 1. The number of carbonyl (C=O) groups excluding carboxylic acids is 2. The van der Waals surface area contributed by atoms with Crippen LogP contribution in [0.1, 0.15) is 17.2 Å². The minimum absolute atomic E-state index is 0.00497. The van der Waals surface area contributed by atoms with Crippen molar-refractivity contribution in [2.24, 2.45) is 0 Å². The van der Waals surface area contributed by atoms with Gasteiger partial charge in [-0.25, -0.2) is 8.78 Å². The van der Waals surface area contributed by atoms with Crippen molar-refractivity contribution in [1.29, 1.82) is 0 Å². The highest BCUT2D eigenvalue weighted by molar-refractivity contribution is 6.51. The summed E-state index contributed by atoms with van der Waals surface area (Å²) in [6.07, 6.45) is 0. The molecule has 0 bridgehead atoms. The summed E-state index contributed by atoms with van der Waals surface area (Å²) >= 11 is 6.22. The lowest BCUT2D eigenvalue weighted by Crippen LogP contribution is -2.29. The standard InChI is InChI=1S/C25H18ClF2NO6/c1-34-19-11-20(35-2)16(26)10-15(19)23(31)21-22(12-3-6-14(30)7-4-12)29(25(33)24(21)32)13-5-8-17(27)18(28)9-13/h3-11,22,30-31H,1-2H3/b23-21+.